The van der Waals surface area contributed by atoms with Gasteiger partial charge in [0.2, 0.25) is 0 Å². The third-order valence-corrected chi connectivity index (χ3v) is 4.02. The fourth-order valence-electron chi connectivity index (χ4n) is 2.86. The van der Waals surface area contributed by atoms with E-state index in [1.54, 1.807) is 0 Å². The average Bonchev–Trinajstić information content (AvgIpc) is 2.79. The highest BCUT2D eigenvalue weighted by atomic mass is 16.6. The van der Waals surface area contributed by atoms with Gasteiger partial charge in [0.1, 0.15) is 5.60 Å². The summed E-state index contributed by atoms with van der Waals surface area (Å²) in [7, 11) is 0. The molecule has 4 nitrogen and oxygen atoms in total. The molecule has 118 valence electrons. The van der Waals surface area contributed by atoms with E-state index in [0.29, 0.717) is 6.04 Å². The summed E-state index contributed by atoms with van der Waals surface area (Å²) >= 11 is 0. The Bertz CT molecular complexity index is 299. The first-order valence-electron chi connectivity index (χ1n) is 8.08. The number of alkyl carbamates (subject to hydrolysis) is 1. The van der Waals surface area contributed by atoms with Crippen molar-refractivity contribution in [3.05, 3.63) is 0 Å². The zero-order valence-electron chi connectivity index (χ0n) is 13.8. The van der Waals surface area contributed by atoms with E-state index in [2.05, 4.69) is 24.5 Å². The van der Waals surface area contributed by atoms with Crippen LogP contribution in [-0.4, -0.2) is 30.3 Å². The van der Waals surface area contributed by atoms with Crippen molar-refractivity contribution < 1.29 is 9.53 Å². The van der Waals surface area contributed by atoms with Crippen molar-refractivity contribution in [2.24, 2.45) is 5.92 Å². The van der Waals surface area contributed by atoms with Crippen LogP contribution in [0.3, 0.4) is 0 Å². The van der Waals surface area contributed by atoms with Crippen LogP contribution in [0.25, 0.3) is 0 Å². The van der Waals surface area contributed by atoms with Gasteiger partial charge in [0.25, 0.3) is 0 Å². The summed E-state index contributed by atoms with van der Waals surface area (Å²) in [5.74, 6) is 0.800. The van der Waals surface area contributed by atoms with E-state index in [9.17, 15) is 4.79 Å². The Morgan fingerprint density at radius 2 is 2.00 bits per heavy atom. The molecule has 1 aliphatic carbocycles. The van der Waals surface area contributed by atoms with E-state index in [1.165, 1.54) is 25.7 Å². The van der Waals surface area contributed by atoms with Crippen molar-refractivity contribution in [3.8, 4) is 0 Å². The molecule has 0 heterocycles. The van der Waals surface area contributed by atoms with E-state index in [1.807, 2.05) is 20.8 Å². The first kappa shape index (κ1) is 17.3. The predicted molar refractivity (Wildman–Crippen MR) is 82.9 cm³/mol. The lowest BCUT2D eigenvalue weighted by atomic mass is 10.0. The molecular weight excluding hydrogens is 252 g/mol. The summed E-state index contributed by atoms with van der Waals surface area (Å²) in [6.45, 7) is 10.8. The SMILES string of the molecule is CCC(CNC1CCCC1CC)NC(=O)OC(C)(C)C. The molecule has 0 aromatic heterocycles. The average molecular weight is 284 g/mol. The molecule has 1 saturated carbocycles. The summed E-state index contributed by atoms with van der Waals surface area (Å²) in [5.41, 5.74) is -0.436. The quantitative estimate of drug-likeness (QED) is 0.785. The van der Waals surface area contributed by atoms with Gasteiger partial charge in [-0.25, -0.2) is 4.79 Å². The molecule has 4 heteroatoms. The minimum Gasteiger partial charge on any atom is -0.444 e. The van der Waals surface area contributed by atoms with Gasteiger partial charge in [0.05, 0.1) is 0 Å². The number of carbonyl (C=O) groups excluding carboxylic acids is 1. The van der Waals surface area contributed by atoms with Crippen molar-refractivity contribution in [1.82, 2.24) is 10.6 Å². The highest BCUT2D eigenvalue weighted by Crippen LogP contribution is 2.27. The minimum absolute atomic E-state index is 0.142. The molecule has 1 fully saturated rings. The number of hydrogen-bond acceptors (Lipinski definition) is 3. The van der Waals surface area contributed by atoms with E-state index >= 15 is 0 Å². The van der Waals surface area contributed by atoms with Crippen LogP contribution in [0.4, 0.5) is 4.79 Å². The van der Waals surface area contributed by atoms with E-state index in [4.69, 9.17) is 4.74 Å². The van der Waals surface area contributed by atoms with Crippen LogP contribution in [0, 0.1) is 5.92 Å². The Hall–Kier alpha value is -0.770. The first-order valence-corrected chi connectivity index (χ1v) is 8.08. The van der Waals surface area contributed by atoms with Gasteiger partial charge < -0.3 is 15.4 Å². The minimum atomic E-state index is -0.436. The Morgan fingerprint density at radius 1 is 1.30 bits per heavy atom. The number of hydrogen-bond donors (Lipinski definition) is 2. The Balaban J connectivity index is 2.34. The predicted octanol–water partition coefficient (Wildman–Crippen LogP) is 3.46. The van der Waals surface area contributed by atoms with Crippen LogP contribution >= 0.6 is 0 Å². The fraction of sp³-hybridized carbons (Fsp3) is 0.938. The van der Waals surface area contributed by atoms with Crippen molar-refractivity contribution in [2.45, 2.75) is 84.4 Å². The van der Waals surface area contributed by atoms with Gasteiger partial charge >= 0.3 is 6.09 Å². The lowest BCUT2D eigenvalue weighted by molar-refractivity contribution is 0.0501. The molecule has 0 saturated heterocycles. The lowest BCUT2D eigenvalue weighted by Gasteiger charge is -2.26. The number of nitrogens with one attached hydrogen (secondary N) is 2. The molecule has 0 radical (unpaired) electrons. The van der Waals surface area contributed by atoms with E-state index in [-0.39, 0.29) is 12.1 Å². The monoisotopic (exact) mass is 284 g/mol. The maximum absolute atomic E-state index is 11.8. The number of ether oxygens (including phenoxy) is 1. The highest BCUT2D eigenvalue weighted by Gasteiger charge is 2.26. The van der Waals surface area contributed by atoms with Crippen molar-refractivity contribution in [3.63, 3.8) is 0 Å². The van der Waals surface area contributed by atoms with Gasteiger partial charge in [0.15, 0.2) is 0 Å². The fourth-order valence-corrected chi connectivity index (χ4v) is 2.86. The van der Waals surface area contributed by atoms with Crippen LogP contribution in [0.5, 0.6) is 0 Å². The Labute approximate surface area is 124 Å². The third kappa shape index (κ3) is 6.12. The molecule has 1 rings (SSSR count). The molecule has 1 aliphatic rings. The van der Waals surface area contributed by atoms with Crippen LogP contribution in [0.15, 0.2) is 0 Å². The van der Waals surface area contributed by atoms with Crippen LogP contribution in [0.1, 0.15) is 66.7 Å². The van der Waals surface area contributed by atoms with Gasteiger partial charge in [-0.1, -0.05) is 26.7 Å². The number of rotatable bonds is 6. The second-order valence-electron chi connectivity index (χ2n) is 6.87. The normalized spacial score (nSPS) is 24.4. The standard InChI is InChI=1S/C16H32N2O2/c1-6-12-9-8-10-14(12)17-11-13(7-2)18-15(19)20-16(3,4)5/h12-14,17H,6-11H2,1-5H3,(H,18,19). The second-order valence-corrected chi connectivity index (χ2v) is 6.87. The topological polar surface area (TPSA) is 50.4 Å². The summed E-state index contributed by atoms with van der Waals surface area (Å²) < 4.78 is 5.31. The van der Waals surface area contributed by atoms with Crippen LogP contribution < -0.4 is 10.6 Å². The van der Waals surface area contributed by atoms with Crippen molar-refractivity contribution in [2.75, 3.05) is 6.54 Å². The maximum Gasteiger partial charge on any atom is 0.407 e. The van der Waals surface area contributed by atoms with Gasteiger partial charge in [-0.2, -0.15) is 0 Å². The summed E-state index contributed by atoms with van der Waals surface area (Å²) in [4.78, 5) is 11.8. The smallest absolute Gasteiger partial charge is 0.407 e. The Morgan fingerprint density at radius 3 is 2.55 bits per heavy atom. The maximum atomic E-state index is 11.8. The van der Waals surface area contributed by atoms with E-state index < -0.39 is 5.60 Å². The largest absolute Gasteiger partial charge is 0.444 e. The van der Waals surface area contributed by atoms with Gasteiger partial charge in [0, 0.05) is 18.6 Å². The summed E-state index contributed by atoms with van der Waals surface area (Å²) in [6, 6.07) is 0.762. The first-order chi connectivity index (χ1) is 9.35. The molecule has 0 spiro atoms. The van der Waals surface area contributed by atoms with Gasteiger partial charge in [-0.05, 0) is 46.0 Å². The second kappa shape index (κ2) is 7.87. The molecule has 0 bridgehead atoms. The lowest BCUT2D eigenvalue weighted by Crippen LogP contribution is -2.46. The van der Waals surface area contributed by atoms with Gasteiger partial charge in [-0.3, -0.25) is 0 Å². The molecule has 3 unspecified atom stereocenters. The van der Waals surface area contributed by atoms with Crippen molar-refractivity contribution in [1.29, 1.82) is 0 Å². The summed E-state index contributed by atoms with van der Waals surface area (Å²) in [5, 5.41) is 6.59. The van der Waals surface area contributed by atoms with Crippen LogP contribution in [-0.2, 0) is 4.74 Å². The molecule has 0 aliphatic heterocycles. The molecule has 2 N–H and O–H groups in total. The number of amides is 1. The molecule has 1 amide bonds. The molecule has 20 heavy (non-hydrogen) atoms. The highest BCUT2D eigenvalue weighted by molar-refractivity contribution is 5.68. The van der Waals surface area contributed by atoms with Crippen molar-refractivity contribution >= 4 is 6.09 Å². The Kier molecular flexibility index (Phi) is 6.80. The molecule has 0 aromatic rings. The summed E-state index contributed by atoms with van der Waals surface area (Å²) in [6.07, 6.45) is 5.77. The van der Waals surface area contributed by atoms with E-state index in [0.717, 1.165) is 18.9 Å². The van der Waals surface area contributed by atoms with Crippen LogP contribution in [0.2, 0.25) is 0 Å². The zero-order chi connectivity index (χ0) is 15.2. The molecule has 0 aromatic carbocycles. The molecular formula is C16H32N2O2. The number of carbonyl (C=O) groups is 1. The zero-order valence-corrected chi connectivity index (χ0v) is 13.8. The molecule has 3 atom stereocenters. The third-order valence-electron chi connectivity index (χ3n) is 4.02. The van der Waals surface area contributed by atoms with Gasteiger partial charge in [-0.15, -0.1) is 0 Å².